The van der Waals surface area contributed by atoms with Gasteiger partial charge in [0, 0.05) is 36.0 Å². The van der Waals surface area contributed by atoms with Crippen LogP contribution in [0.3, 0.4) is 0 Å². The molecule has 4 rings (SSSR count). The Morgan fingerprint density at radius 3 is 2.11 bits per heavy atom. The van der Waals surface area contributed by atoms with E-state index in [1.54, 1.807) is 0 Å². The molecule has 0 radical (unpaired) electrons. The monoisotopic (exact) mass is 368 g/mol. The lowest BCUT2D eigenvalue weighted by atomic mass is 9.88. The Kier molecular flexibility index (Phi) is 5.53. The summed E-state index contributed by atoms with van der Waals surface area (Å²) in [6.45, 7) is 0.636. The van der Waals surface area contributed by atoms with Gasteiger partial charge in [0.15, 0.2) is 0 Å². The van der Waals surface area contributed by atoms with Crippen molar-refractivity contribution < 1.29 is 4.79 Å². The van der Waals surface area contributed by atoms with E-state index in [4.69, 9.17) is 0 Å². The van der Waals surface area contributed by atoms with Gasteiger partial charge in [-0.1, -0.05) is 78.9 Å². The highest BCUT2D eigenvalue weighted by atomic mass is 16.1. The van der Waals surface area contributed by atoms with Gasteiger partial charge >= 0.3 is 0 Å². The highest BCUT2D eigenvalue weighted by Crippen LogP contribution is 2.27. The van der Waals surface area contributed by atoms with E-state index < -0.39 is 0 Å². The van der Waals surface area contributed by atoms with Gasteiger partial charge in [-0.05, 0) is 29.2 Å². The zero-order valence-electron chi connectivity index (χ0n) is 15.8. The van der Waals surface area contributed by atoms with Crippen LogP contribution in [-0.2, 0) is 11.2 Å². The summed E-state index contributed by atoms with van der Waals surface area (Å²) in [5, 5.41) is 4.33. The van der Waals surface area contributed by atoms with Gasteiger partial charge in [-0.2, -0.15) is 0 Å². The molecule has 28 heavy (non-hydrogen) atoms. The van der Waals surface area contributed by atoms with Crippen LogP contribution < -0.4 is 5.32 Å². The van der Waals surface area contributed by atoms with E-state index in [1.165, 1.54) is 22.1 Å². The second-order valence-corrected chi connectivity index (χ2v) is 7.04. The molecule has 4 aromatic rings. The number of aromatic amines is 1. The fourth-order valence-corrected chi connectivity index (χ4v) is 3.73. The maximum Gasteiger partial charge on any atom is 0.220 e. The fraction of sp³-hybridized carbons (Fsp3) is 0.160. The van der Waals surface area contributed by atoms with Crippen LogP contribution in [0.1, 0.15) is 29.0 Å². The van der Waals surface area contributed by atoms with Gasteiger partial charge < -0.3 is 10.3 Å². The fourth-order valence-electron chi connectivity index (χ4n) is 3.73. The SMILES string of the molecule is O=C(CC(c1ccccc1)c1ccccc1)NCCc1c[nH]c2ccccc12. The molecule has 140 valence electrons. The number of para-hydroxylation sites is 1. The molecule has 0 aliphatic rings. The third-order valence-electron chi connectivity index (χ3n) is 5.18. The van der Waals surface area contributed by atoms with Crippen LogP contribution in [0, 0.1) is 0 Å². The van der Waals surface area contributed by atoms with E-state index in [2.05, 4.69) is 46.7 Å². The zero-order chi connectivity index (χ0) is 19.2. The predicted molar refractivity (Wildman–Crippen MR) is 114 cm³/mol. The van der Waals surface area contributed by atoms with Gasteiger partial charge in [-0.15, -0.1) is 0 Å². The molecule has 2 N–H and O–H groups in total. The average molecular weight is 368 g/mol. The Morgan fingerprint density at radius 1 is 0.821 bits per heavy atom. The number of amides is 1. The van der Waals surface area contributed by atoms with Crippen molar-refractivity contribution >= 4 is 16.8 Å². The summed E-state index contributed by atoms with van der Waals surface area (Å²) >= 11 is 0. The molecule has 0 aliphatic heterocycles. The number of carbonyl (C=O) groups excluding carboxylic acids is 1. The predicted octanol–water partition coefficient (Wildman–Crippen LogP) is 5.05. The molecule has 1 aromatic heterocycles. The molecular formula is C25H24N2O. The van der Waals surface area contributed by atoms with Gasteiger partial charge in [0.25, 0.3) is 0 Å². The Bertz CT molecular complexity index is 998. The maximum absolute atomic E-state index is 12.7. The van der Waals surface area contributed by atoms with Gasteiger partial charge in [-0.25, -0.2) is 0 Å². The highest BCUT2D eigenvalue weighted by molar-refractivity contribution is 5.83. The molecule has 0 aliphatic carbocycles. The van der Waals surface area contributed by atoms with Crippen molar-refractivity contribution in [3.8, 4) is 0 Å². The van der Waals surface area contributed by atoms with Crippen molar-refractivity contribution in [3.05, 3.63) is 108 Å². The Hall–Kier alpha value is -3.33. The number of fused-ring (bicyclic) bond motifs is 1. The molecule has 1 amide bonds. The minimum atomic E-state index is 0.0653. The summed E-state index contributed by atoms with van der Waals surface area (Å²) < 4.78 is 0. The minimum absolute atomic E-state index is 0.0653. The first-order valence-corrected chi connectivity index (χ1v) is 9.73. The Labute approximate surface area is 165 Å². The van der Waals surface area contributed by atoms with Crippen molar-refractivity contribution in [1.29, 1.82) is 0 Å². The second-order valence-electron chi connectivity index (χ2n) is 7.04. The molecular weight excluding hydrogens is 344 g/mol. The van der Waals surface area contributed by atoms with Gasteiger partial charge in [0.2, 0.25) is 5.91 Å². The quantitative estimate of drug-likeness (QED) is 0.471. The van der Waals surface area contributed by atoms with Crippen molar-refractivity contribution in [3.63, 3.8) is 0 Å². The van der Waals surface area contributed by atoms with Crippen LogP contribution in [0.25, 0.3) is 10.9 Å². The van der Waals surface area contributed by atoms with E-state index in [0.717, 1.165) is 11.9 Å². The molecule has 0 saturated carbocycles. The van der Waals surface area contributed by atoms with Crippen molar-refractivity contribution in [2.45, 2.75) is 18.8 Å². The lowest BCUT2D eigenvalue weighted by Crippen LogP contribution is -2.27. The number of aromatic nitrogens is 1. The average Bonchev–Trinajstić information content (AvgIpc) is 3.16. The molecule has 0 fully saturated rings. The molecule has 0 saturated heterocycles. The summed E-state index contributed by atoms with van der Waals surface area (Å²) in [5.41, 5.74) is 4.71. The lowest BCUT2D eigenvalue weighted by molar-refractivity contribution is -0.121. The van der Waals surface area contributed by atoms with Crippen LogP contribution in [0.4, 0.5) is 0 Å². The topological polar surface area (TPSA) is 44.9 Å². The van der Waals surface area contributed by atoms with Crippen LogP contribution >= 0.6 is 0 Å². The normalized spacial score (nSPS) is 11.0. The molecule has 0 bridgehead atoms. The first-order chi connectivity index (χ1) is 13.8. The standard InChI is InChI=1S/C25H24N2O/c28-25(26-16-15-21-18-27-24-14-8-7-13-22(21)24)17-23(19-9-3-1-4-10-19)20-11-5-2-6-12-20/h1-14,18,23,27H,15-17H2,(H,26,28). The lowest BCUT2D eigenvalue weighted by Gasteiger charge is -2.18. The maximum atomic E-state index is 12.7. The smallest absolute Gasteiger partial charge is 0.220 e. The van der Waals surface area contributed by atoms with Crippen LogP contribution in [0.5, 0.6) is 0 Å². The third kappa shape index (κ3) is 4.15. The largest absolute Gasteiger partial charge is 0.361 e. The van der Waals surface area contributed by atoms with Crippen LogP contribution in [0.2, 0.25) is 0 Å². The Morgan fingerprint density at radius 2 is 1.43 bits per heavy atom. The summed E-state index contributed by atoms with van der Waals surface area (Å²) in [7, 11) is 0. The summed E-state index contributed by atoms with van der Waals surface area (Å²) in [6, 6.07) is 28.8. The highest BCUT2D eigenvalue weighted by Gasteiger charge is 2.17. The van der Waals surface area contributed by atoms with Gasteiger partial charge in [-0.3, -0.25) is 4.79 Å². The van der Waals surface area contributed by atoms with E-state index in [9.17, 15) is 4.79 Å². The molecule has 1 heterocycles. The molecule has 3 heteroatoms. The molecule has 3 aromatic carbocycles. The first kappa shape index (κ1) is 18.1. The van der Waals surface area contributed by atoms with Crippen molar-refractivity contribution in [2.24, 2.45) is 0 Å². The number of carbonyl (C=O) groups is 1. The molecule has 3 nitrogen and oxygen atoms in total. The van der Waals surface area contributed by atoms with Gasteiger partial charge in [0.1, 0.15) is 0 Å². The number of H-pyrrole nitrogens is 1. The van der Waals surface area contributed by atoms with Crippen molar-refractivity contribution in [2.75, 3.05) is 6.54 Å². The zero-order valence-corrected chi connectivity index (χ0v) is 15.8. The Balaban J connectivity index is 1.40. The number of rotatable bonds is 7. The van der Waals surface area contributed by atoms with E-state index in [1.807, 2.05) is 54.7 Å². The number of benzene rings is 3. The summed E-state index contributed by atoms with van der Waals surface area (Å²) in [5.74, 6) is 0.146. The number of hydrogen-bond acceptors (Lipinski definition) is 1. The van der Waals surface area contributed by atoms with E-state index in [-0.39, 0.29) is 11.8 Å². The minimum Gasteiger partial charge on any atom is -0.361 e. The van der Waals surface area contributed by atoms with E-state index in [0.29, 0.717) is 13.0 Å². The van der Waals surface area contributed by atoms with Crippen LogP contribution in [-0.4, -0.2) is 17.4 Å². The third-order valence-corrected chi connectivity index (χ3v) is 5.18. The first-order valence-electron chi connectivity index (χ1n) is 9.73. The van der Waals surface area contributed by atoms with E-state index >= 15 is 0 Å². The number of hydrogen-bond donors (Lipinski definition) is 2. The molecule has 0 spiro atoms. The van der Waals surface area contributed by atoms with Crippen molar-refractivity contribution in [1.82, 2.24) is 10.3 Å². The van der Waals surface area contributed by atoms with Crippen LogP contribution in [0.15, 0.2) is 91.1 Å². The summed E-state index contributed by atoms with van der Waals surface area (Å²) in [4.78, 5) is 16.0. The van der Waals surface area contributed by atoms with Gasteiger partial charge in [0.05, 0.1) is 0 Å². The number of nitrogens with one attached hydrogen (secondary N) is 2. The second kappa shape index (κ2) is 8.57. The molecule has 0 atom stereocenters. The molecule has 0 unspecified atom stereocenters. The summed E-state index contributed by atoms with van der Waals surface area (Å²) in [6.07, 6.45) is 3.30.